The average Bonchev–Trinajstić information content (AvgIpc) is 3.18. The first-order valence-corrected chi connectivity index (χ1v) is 12.1. The lowest BCUT2D eigenvalue weighted by Gasteiger charge is -2.14. The number of benzene rings is 2. The quantitative estimate of drug-likeness (QED) is 0.326. The van der Waals surface area contributed by atoms with Crippen molar-refractivity contribution in [1.82, 2.24) is 24.7 Å². The Bertz CT molecular complexity index is 1500. The number of halogens is 1. The van der Waals surface area contributed by atoms with E-state index in [1.807, 2.05) is 49.6 Å². The van der Waals surface area contributed by atoms with Gasteiger partial charge in [0.25, 0.3) is 5.56 Å². The fourth-order valence-electron chi connectivity index (χ4n) is 3.49. The van der Waals surface area contributed by atoms with Crippen LogP contribution in [0.3, 0.4) is 0 Å². The summed E-state index contributed by atoms with van der Waals surface area (Å²) in [6.07, 6.45) is 0.175. The monoisotopic (exact) mass is 510 g/mol. The number of amides is 1. The van der Waals surface area contributed by atoms with Gasteiger partial charge in [-0.15, -0.1) is 10.2 Å². The number of hydrogen-bond donors (Lipinski definition) is 3. The van der Waals surface area contributed by atoms with Crippen LogP contribution >= 0.6 is 23.4 Å². The lowest BCUT2D eigenvalue weighted by atomic mass is 10.1. The number of carbonyl (C=O) groups is 1. The number of aryl methyl sites for hydroxylation is 3. The maximum Gasteiger partial charge on any atom is 0.325 e. The minimum atomic E-state index is -0.590. The second kappa shape index (κ2) is 10.3. The van der Waals surface area contributed by atoms with E-state index in [1.165, 1.54) is 17.8 Å². The van der Waals surface area contributed by atoms with Crippen molar-refractivity contribution >= 4 is 35.0 Å². The van der Waals surface area contributed by atoms with Crippen molar-refractivity contribution in [3.8, 4) is 5.69 Å². The third-order valence-electron chi connectivity index (χ3n) is 5.26. The number of aromatic nitrogens is 5. The molecule has 2 aromatic heterocycles. The number of thioether (sulfide) groups is 1. The van der Waals surface area contributed by atoms with Gasteiger partial charge in [-0.3, -0.25) is 19.1 Å². The van der Waals surface area contributed by atoms with E-state index in [0.717, 1.165) is 22.4 Å². The van der Waals surface area contributed by atoms with Gasteiger partial charge in [0.1, 0.15) is 5.82 Å². The Morgan fingerprint density at radius 3 is 2.54 bits per heavy atom. The van der Waals surface area contributed by atoms with Gasteiger partial charge in [0.2, 0.25) is 5.91 Å². The Labute approximate surface area is 210 Å². The summed E-state index contributed by atoms with van der Waals surface area (Å²) < 4.78 is 1.85. The Morgan fingerprint density at radius 1 is 1.03 bits per heavy atom. The van der Waals surface area contributed by atoms with E-state index in [9.17, 15) is 14.4 Å². The zero-order valence-electron chi connectivity index (χ0n) is 19.3. The fraction of sp³-hybridized carbons (Fsp3) is 0.208. The first-order valence-electron chi connectivity index (χ1n) is 10.7. The maximum atomic E-state index is 12.6. The number of nitrogens with zero attached hydrogens (tertiary/aromatic N) is 3. The summed E-state index contributed by atoms with van der Waals surface area (Å²) in [6, 6.07) is 12.7. The van der Waals surface area contributed by atoms with Crippen molar-refractivity contribution in [2.45, 2.75) is 32.3 Å². The minimum absolute atomic E-state index is 0.0936. The standard InChI is InChI=1S/C24H23ClN6O3S/c1-13-4-5-15(3)19(8-13)31-20(10-17-11-21(32)28-23(34)27-17)29-30-24(31)35-12-22(33)26-16-7-6-14(2)18(25)9-16/h4-9,11H,10,12H2,1-3H3,(H,26,33)(H2,27,28,32,34). The highest BCUT2D eigenvalue weighted by Crippen LogP contribution is 2.26. The number of nitrogens with one attached hydrogen (secondary N) is 3. The molecule has 180 valence electrons. The topological polar surface area (TPSA) is 126 Å². The van der Waals surface area contributed by atoms with Crippen molar-refractivity contribution in [3.63, 3.8) is 0 Å². The predicted octanol–water partition coefficient (Wildman–Crippen LogP) is 3.54. The molecule has 0 aliphatic rings. The molecule has 4 rings (SSSR count). The highest BCUT2D eigenvalue weighted by Gasteiger charge is 2.18. The number of H-pyrrole nitrogens is 2. The highest BCUT2D eigenvalue weighted by atomic mass is 35.5. The van der Waals surface area contributed by atoms with Gasteiger partial charge in [-0.25, -0.2) is 4.79 Å². The summed E-state index contributed by atoms with van der Waals surface area (Å²) in [5, 5.41) is 12.5. The van der Waals surface area contributed by atoms with Gasteiger partial charge >= 0.3 is 5.69 Å². The van der Waals surface area contributed by atoms with Gasteiger partial charge in [0.15, 0.2) is 5.16 Å². The summed E-state index contributed by atoms with van der Waals surface area (Å²) in [4.78, 5) is 40.9. The van der Waals surface area contributed by atoms with Crippen LogP contribution in [0.1, 0.15) is 28.2 Å². The van der Waals surface area contributed by atoms with E-state index in [4.69, 9.17) is 11.6 Å². The fourth-order valence-corrected chi connectivity index (χ4v) is 4.44. The Kier molecular flexibility index (Phi) is 7.23. The van der Waals surface area contributed by atoms with Crippen LogP contribution in [0.4, 0.5) is 5.69 Å². The lowest BCUT2D eigenvalue weighted by Crippen LogP contribution is -2.23. The van der Waals surface area contributed by atoms with Gasteiger partial charge in [0, 0.05) is 28.9 Å². The molecule has 9 nitrogen and oxygen atoms in total. The SMILES string of the molecule is Cc1ccc(C)c(-n2c(Cc3cc(=O)[nH]c(=O)[nH]3)nnc2SCC(=O)Nc2ccc(C)c(Cl)c2)c1. The Balaban J connectivity index is 1.63. The van der Waals surface area contributed by atoms with Crippen LogP contribution in [-0.2, 0) is 11.2 Å². The smallest absolute Gasteiger partial charge is 0.325 e. The van der Waals surface area contributed by atoms with Crippen LogP contribution in [-0.4, -0.2) is 36.4 Å². The van der Waals surface area contributed by atoms with E-state index in [0.29, 0.717) is 27.4 Å². The molecule has 11 heteroatoms. The second-order valence-corrected chi connectivity index (χ2v) is 9.46. The molecule has 3 N–H and O–H groups in total. The van der Waals surface area contributed by atoms with E-state index in [2.05, 4.69) is 25.5 Å². The van der Waals surface area contributed by atoms with E-state index in [1.54, 1.807) is 12.1 Å². The minimum Gasteiger partial charge on any atom is -0.325 e. The number of rotatable bonds is 7. The van der Waals surface area contributed by atoms with Gasteiger partial charge in [-0.05, 0) is 55.7 Å². The summed E-state index contributed by atoms with van der Waals surface area (Å²) in [5.41, 5.74) is 3.73. The average molecular weight is 511 g/mol. The molecule has 0 aliphatic carbocycles. The van der Waals surface area contributed by atoms with Gasteiger partial charge in [-0.2, -0.15) is 0 Å². The molecule has 0 fully saturated rings. The van der Waals surface area contributed by atoms with Crippen LogP contribution in [0.5, 0.6) is 0 Å². The van der Waals surface area contributed by atoms with Crippen molar-refractivity contribution in [3.05, 3.63) is 96.5 Å². The maximum absolute atomic E-state index is 12.6. The first kappa shape index (κ1) is 24.5. The number of hydrogen-bond acceptors (Lipinski definition) is 6. The van der Waals surface area contributed by atoms with Gasteiger partial charge < -0.3 is 10.3 Å². The molecular formula is C24H23ClN6O3S. The molecule has 0 saturated heterocycles. The van der Waals surface area contributed by atoms with Gasteiger partial charge in [-0.1, -0.05) is 41.6 Å². The van der Waals surface area contributed by atoms with Crippen LogP contribution < -0.4 is 16.6 Å². The third-order valence-corrected chi connectivity index (χ3v) is 6.59. The molecule has 2 aromatic carbocycles. The van der Waals surface area contributed by atoms with Crippen LogP contribution in [0, 0.1) is 20.8 Å². The zero-order valence-corrected chi connectivity index (χ0v) is 20.9. The molecule has 0 saturated carbocycles. The summed E-state index contributed by atoms with van der Waals surface area (Å²) in [5.74, 6) is 0.398. The third kappa shape index (κ3) is 5.90. The normalized spacial score (nSPS) is 11.0. The summed E-state index contributed by atoms with van der Waals surface area (Å²) in [7, 11) is 0. The van der Waals surface area contributed by atoms with Crippen LogP contribution in [0.15, 0.2) is 57.2 Å². The van der Waals surface area contributed by atoms with Crippen molar-refractivity contribution in [2.75, 3.05) is 11.1 Å². The molecule has 0 bridgehead atoms. The molecule has 35 heavy (non-hydrogen) atoms. The molecule has 4 aromatic rings. The van der Waals surface area contributed by atoms with E-state index in [-0.39, 0.29) is 18.1 Å². The Hall–Kier alpha value is -3.63. The highest BCUT2D eigenvalue weighted by molar-refractivity contribution is 7.99. The number of carbonyl (C=O) groups excluding carboxylic acids is 1. The molecule has 0 radical (unpaired) electrons. The van der Waals surface area contributed by atoms with Crippen LogP contribution in [0.2, 0.25) is 5.02 Å². The van der Waals surface area contributed by atoms with Gasteiger partial charge in [0.05, 0.1) is 11.4 Å². The van der Waals surface area contributed by atoms with E-state index < -0.39 is 11.2 Å². The van der Waals surface area contributed by atoms with Crippen molar-refractivity contribution in [1.29, 1.82) is 0 Å². The number of aromatic amines is 2. The predicted molar refractivity (Wildman–Crippen MR) is 137 cm³/mol. The molecule has 0 atom stereocenters. The molecule has 2 heterocycles. The number of anilines is 1. The molecule has 0 spiro atoms. The summed E-state index contributed by atoms with van der Waals surface area (Å²) in [6.45, 7) is 5.84. The molecule has 0 aliphatic heterocycles. The summed E-state index contributed by atoms with van der Waals surface area (Å²) >= 11 is 7.39. The lowest BCUT2D eigenvalue weighted by molar-refractivity contribution is -0.113. The van der Waals surface area contributed by atoms with Crippen molar-refractivity contribution in [2.24, 2.45) is 0 Å². The van der Waals surface area contributed by atoms with Crippen molar-refractivity contribution < 1.29 is 4.79 Å². The molecule has 1 amide bonds. The van der Waals surface area contributed by atoms with E-state index >= 15 is 0 Å². The molecule has 0 unspecified atom stereocenters. The Morgan fingerprint density at radius 2 is 1.80 bits per heavy atom. The first-order chi connectivity index (χ1) is 16.7. The zero-order chi connectivity index (χ0) is 25.1. The molecular weight excluding hydrogens is 488 g/mol. The van der Waals surface area contributed by atoms with Crippen LogP contribution in [0.25, 0.3) is 5.69 Å². The second-order valence-electron chi connectivity index (χ2n) is 8.11. The largest absolute Gasteiger partial charge is 0.325 e.